The number of hydrogen-bond donors (Lipinski definition) is 2. The minimum atomic E-state index is -0.186. The van der Waals surface area contributed by atoms with Gasteiger partial charge in [-0.25, -0.2) is 4.79 Å². The Kier molecular flexibility index (Phi) is 4.29. The topological polar surface area (TPSA) is 41.1 Å². The molecule has 0 saturated carbocycles. The zero-order valence-corrected chi connectivity index (χ0v) is 12.2. The predicted octanol–water partition coefficient (Wildman–Crippen LogP) is 2.47. The molecule has 0 radical (unpaired) electrons. The van der Waals surface area contributed by atoms with Crippen LogP contribution in [0.5, 0.6) is 0 Å². The summed E-state index contributed by atoms with van der Waals surface area (Å²) in [5, 5.41) is 7.73. The van der Waals surface area contributed by atoms with Crippen molar-refractivity contribution in [3.8, 4) is 12.3 Å². The van der Waals surface area contributed by atoms with Crippen LogP contribution in [0.1, 0.15) is 22.9 Å². The van der Waals surface area contributed by atoms with Crippen LogP contribution in [0.2, 0.25) is 0 Å². The Morgan fingerprint density at radius 1 is 1.71 bits per heavy atom. The minimum absolute atomic E-state index is 0.100. The fraction of sp³-hybridized carbons (Fsp3) is 0.417. The maximum absolute atomic E-state index is 11.6. The zero-order chi connectivity index (χ0) is 12.3. The van der Waals surface area contributed by atoms with E-state index >= 15 is 0 Å². The van der Waals surface area contributed by atoms with Crippen molar-refractivity contribution in [2.75, 3.05) is 6.54 Å². The first-order valence-electron chi connectivity index (χ1n) is 5.40. The van der Waals surface area contributed by atoms with Crippen molar-refractivity contribution in [3.63, 3.8) is 0 Å². The number of thiophene rings is 1. The van der Waals surface area contributed by atoms with Gasteiger partial charge in [0.2, 0.25) is 0 Å². The highest BCUT2D eigenvalue weighted by atomic mass is 127. The molecule has 90 valence electrons. The molecule has 3 nitrogen and oxygen atoms in total. The zero-order valence-electron chi connectivity index (χ0n) is 9.20. The van der Waals surface area contributed by atoms with Crippen molar-refractivity contribution in [1.29, 1.82) is 0 Å². The molecule has 0 aliphatic heterocycles. The van der Waals surface area contributed by atoms with E-state index in [4.69, 9.17) is 6.42 Å². The summed E-state index contributed by atoms with van der Waals surface area (Å²) in [6.45, 7) is 0.265. The average molecular weight is 360 g/mol. The molecule has 2 N–H and O–H groups in total. The molecule has 0 bridgehead atoms. The molecule has 2 amide bonds. The number of halogens is 1. The summed E-state index contributed by atoms with van der Waals surface area (Å²) in [4.78, 5) is 13.0. The van der Waals surface area contributed by atoms with Gasteiger partial charge >= 0.3 is 6.03 Å². The van der Waals surface area contributed by atoms with Gasteiger partial charge in [0, 0.05) is 8.80 Å². The number of carbonyl (C=O) groups excluding carboxylic acids is 1. The van der Waals surface area contributed by atoms with E-state index in [1.54, 1.807) is 11.3 Å². The maximum atomic E-state index is 11.6. The van der Waals surface area contributed by atoms with E-state index in [0.717, 1.165) is 12.8 Å². The largest absolute Gasteiger partial charge is 0.330 e. The van der Waals surface area contributed by atoms with Gasteiger partial charge in [0.15, 0.2) is 0 Å². The molecule has 0 fully saturated rings. The van der Waals surface area contributed by atoms with E-state index in [2.05, 4.69) is 50.6 Å². The highest BCUT2D eigenvalue weighted by molar-refractivity contribution is 14.1. The Bertz CT molecular complexity index is 452. The van der Waals surface area contributed by atoms with E-state index in [9.17, 15) is 4.79 Å². The molecule has 1 heterocycles. The number of nitrogens with one attached hydrogen (secondary N) is 2. The van der Waals surface area contributed by atoms with Gasteiger partial charge < -0.3 is 10.6 Å². The highest BCUT2D eigenvalue weighted by Gasteiger charge is 2.29. The van der Waals surface area contributed by atoms with Crippen molar-refractivity contribution in [2.45, 2.75) is 22.8 Å². The van der Waals surface area contributed by atoms with Gasteiger partial charge in [-0.1, -0.05) is 28.5 Å². The van der Waals surface area contributed by atoms with Crippen LogP contribution in [0, 0.1) is 12.3 Å². The van der Waals surface area contributed by atoms with Gasteiger partial charge in [-0.15, -0.1) is 17.8 Å². The Morgan fingerprint density at radius 2 is 2.53 bits per heavy atom. The smallest absolute Gasteiger partial charge is 0.316 e. The van der Waals surface area contributed by atoms with Crippen LogP contribution in [-0.4, -0.2) is 16.5 Å². The summed E-state index contributed by atoms with van der Waals surface area (Å²) >= 11 is 4.17. The average Bonchev–Trinajstić information content (AvgIpc) is 2.78. The predicted molar refractivity (Wildman–Crippen MR) is 78.6 cm³/mol. The second-order valence-electron chi connectivity index (χ2n) is 3.86. The third-order valence-electron chi connectivity index (χ3n) is 2.76. The molecule has 0 aromatic carbocycles. The number of aryl methyl sites for hydroxylation is 1. The number of fused-ring (bicyclic) bond motifs is 1. The van der Waals surface area contributed by atoms with Gasteiger partial charge in [-0.2, -0.15) is 0 Å². The van der Waals surface area contributed by atoms with Gasteiger partial charge in [0.05, 0.1) is 12.6 Å². The Morgan fingerprint density at radius 3 is 3.29 bits per heavy atom. The van der Waals surface area contributed by atoms with Crippen molar-refractivity contribution in [1.82, 2.24) is 10.6 Å². The molecule has 2 rings (SSSR count). The lowest BCUT2D eigenvalue weighted by molar-refractivity contribution is 0.237. The second-order valence-corrected chi connectivity index (χ2v) is 6.46. The fourth-order valence-electron chi connectivity index (χ4n) is 1.95. The lowest BCUT2D eigenvalue weighted by atomic mass is 9.94. The Labute approximate surface area is 119 Å². The molecular weight excluding hydrogens is 347 g/mol. The van der Waals surface area contributed by atoms with E-state index in [1.165, 1.54) is 10.4 Å². The van der Waals surface area contributed by atoms with Crippen LogP contribution in [-0.2, 0) is 6.42 Å². The van der Waals surface area contributed by atoms with E-state index < -0.39 is 0 Å². The second kappa shape index (κ2) is 5.74. The monoisotopic (exact) mass is 360 g/mol. The molecule has 2 unspecified atom stereocenters. The minimum Gasteiger partial charge on any atom is -0.330 e. The van der Waals surface area contributed by atoms with Crippen LogP contribution in [0.25, 0.3) is 0 Å². The summed E-state index contributed by atoms with van der Waals surface area (Å²) in [6.07, 6.45) is 7.33. The van der Waals surface area contributed by atoms with Crippen LogP contribution < -0.4 is 10.6 Å². The molecule has 1 aromatic rings. The summed E-state index contributed by atoms with van der Waals surface area (Å²) in [6, 6.07) is 2.02. The van der Waals surface area contributed by atoms with Gasteiger partial charge in [0.25, 0.3) is 0 Å². The fourth-order valence-corrected chi connectivity index (χ4v) is 3.78. The number of rotatable bonds is 2. The van der Waals surface area contributed by atoms with Gasteiger partial charge in [0.1, 0.15) is 0 Å². The Balaban J connectivity index is 2.06. The summed E-state index contributed by atoms with van der Waals surface area (Å²) in [7, 11) is 0. The van der Waals surface area contributed by atoms with Crippen LogP contribution in [0.15, 0.2) is 11.4 Å². The van der Waals surface area contributed by atoms with E-state index in [-0.39, 0.29) is 18.6 Å². The Hall–Kier alpha value is -0.740. The SMILES string of the molecule is C#CCNC(=O)NC1c2ccsc2CCC1I. The summed E-state index contributed by atoms with van der Waals surface area (Å²) < 4.78 is 0.436. The molecule has 1 aliphatic carbocycles. The van der Waals surface area contributed by atoms with Gasteiger partial charge in [-0.05, 0) is 29.9 Å². The van der Waals surface area contributed by atoms with E-state index in [1.807, 2.05) is 0 Å². The molecule has 2 atom stereocenters. The molecule has 0 saturated heterocycles. The first-order chi connectivity index (χ1) is 8.22. The molecule has 0 spiro atoms. The number of hydrogen-bond acceptors (Lipinski definition) is 2. The highest BCUT2D eigenvalue weighted by Crippen LogP contribution is 2.37. The van der Waals surface area contributed by atoms with Crippen molar-refractivity contribution in [2.24, 2.45) is 0 Å². The molecule has 17 heavy (non-hydrogen) atoms. The van der Waals surface area contributed by atoms with Crippen molar-refractivity contribution in [3.05, 3.63) is 21.9 Å². The maximum Gasteiger partial charge on any atom is 0.316 e. The van der Waals surface area contributed by atoms with Crippen LogP contribution in [0.4, 0.5) is 4.79 Å². The molecule has 1 aromatic heterocycles. The van der Waals surface area contributed by atoms with Crippen LogP contribution >= 0.6 is 33.9 Å². The molecular formula is C12H13IN2OS. The van der Waals surface area contributed by atoms with Crippen molar-refractivity contribution >= 4 is 40.0 Å². The lowest BCUT2D eigenvalue weighted by Gasteiger charge is -2.28. The number of urea groups is 1. The molecule has 1 aliphatic rings. The first-order valence-corrected chi connectivity index (χ1v) is 7.53. The summed E-state index contributed by atoms with van der Waals surface area (Å²) in [5.74, 6) is 2.39. The number of alkyl halides is 1. The van der Waals surface area contributed by atoms with Crippen LogP contribution in [0.3, 0.4) is 0 Å². The normalized spacial score (nSPS) is 22.4. The van der Waals surface area contributed by atoms with Gasteiger partial charge in [-0.3, -0.25) is 0 Å². The quantitative estimate of drug-likeness (QED) is 0.475. The van der Waals surface area contributed by atoms with E-state index in [0.29, 0.717) is 3.92 Å². The first kappa shape index (κ1) is 12.7. The number of amides is 2. The third kappa shape index (κ3) is 2.93. The summed E-state index contributed by atoms with van der Waals surface area (Å²) in [5.41, 5.74) is 1.26. The standard InChI is InChI=1S/C12H13IN2OS/c1-2-6-14-12(16)15-11-8-5-7-17-10(8)4-3-9(11)13/h1,5,7,9,11H,3-4,6H2,(H2,14,15,16). The van der Waals surface area contributed by atoms with Crippen molar-refractivity contribution < 1.29 is 4.79 Å². The third-order valence-corrected chi connectivity index (χ3v) is 5.10. The molecule has 5 heteroatoms. The number of carbonyl (C=O) groups is 1. The lowest BCUT2D eigenvalue weighted by Crippen LogP contribution is -2.42. The number of terminal acetylenes is 1.